The third kappa shape index (κ3) is 8.38. The number of halogens is 3. The van der Waals surface area contributed by atoms with Gasteiger partial charge in [0.1, 0.15) is 6.04 Å². The van der Waals surface area contributed by atoms with Gasteiger partial charge in [-0.2, -0.15) is 13.2 Å². The quantitative estimate of drug-likeness (QED) is 0.273. The third-order valence-electron chi connectivity index (χ3n) is 8.91. The van der Waals surface area contributed by atoms with Gasteiger partial charge in [0.2, 0.25) is 5.91 Å². The summed E-state index contributed by atoms with van der Waals surface area (Å²) in [4.78, 5) is 27.3. The van der Waals surface area contributed by atoms with Crippen LogP contribution in [0.2, 0.25) is 0 Å². The van der Waals surface area contributed by atoms with E-state index in [1.165, 1.54) is 0 Å². The van der Waals surface area contributed by atoms with Crippen LogP contribution < -0.4 is 5.32 Å². The van der Waals surface area contributed by atoms with Crippen LogP contribution in [0.3, 0.4) is 0 Å². The zero-order valence-electron chi connectivity index (χ0n) is 26.3. The molecule has 5 rings (SSSR count). The number of hydrogen-bond acceptors (Lipinski definition) is 7. The Balaban J connectivity index is 1.29. The standard InChI is InChI=1S/C35H40F3N3O6/c1-22(31(43)25-7-4-3-5-8-25)40(2)20-28-19-30(24-12-10-23(21-42)11-13-24)47-33(46-28)26-14-16-27(17-15-26)39-32(44)29-9-6-18-41(29)34(45)35(36,37)38/h3-5,7-8,10-17,22,28-31,33,42-43H,6,9,18-21H2,1-2H3,(H,39,44)/t22-,28+,29-,30-,31-,33-/m0/s1. The van der Waals surface area contributed by atoms with Crippen molar-refractivity contribution in [3.63, 3.8) is 0 Å². The van der Waals surface area contributed by atoms with E-state index in [1.54, 1.807) is 24.3 Å². The fraction of sp³-hybridized carbons (Fsp3) is 0.429. The van der Waals surface area contributed by atoms with Gasteiger partial charge in [-0.3, -0.25) is 14.5 Å². The van der Waals surface area contributed by atoms with E-state index in [-0.39, 0.29) is 37.8 Å². The van der Waals surface area contributed by atoms with E-state index < -0.39 is 36.4 Å². The normalized spacial score (nSPS) is 23.0. The van der Waals surface area contributed by atoms with E-state index in [0.29, 0.717) is 35.5 Å². The van der Waals surface area contributed by atoms with E-state index >= 15 is 0 Å². The van der Waals surface area contributed by atoms with Crippen LogP contribution in [0.15, 0.2) is 78.9 Å². The van der Waals surface area contributed by atoms with Crippen molar-refractivity contribution < 1.29 is 42.4 Å². The zero-order chi connectivity index (χ0) is 33.7. The van der Waals surface area contributed by atoms with Crippen LogP contribution in [-0.2, 0) is 25.7 Å². The second-order valence-corrected chi connectivity index (χ2v) is 12.2. The first-order valence-corrected chi connectivity index (χ1v) is 15.7. The maximum Gasteiger partial charge on any atom is 0.471 e. The molecule has 3 aromatic rings. The average molecular weight is 656 g/mol. The first-order valence-electron chi connectivity index (χ1n) is 15.7. The Morgan fingerprint density at radius 3 is 2.30 bits per heavy atom. The number of aliphatic hydroxyl groups excluding tert-OH is 2. The summed E-state index contributed by atoms with van der Waals surface area (Å²) < 4.78 is 51.9. The molecule has 2 amide bonds. The lowest BCUT2D eigenvalue weighted by Crippen LogP contribution is -2.48. The lowest BCUT2D eigenvalue weighted by atomic mass is 9.98. The predicted octanol–water partition coefficient (Wildman–Crippen LogP) is 5.27. The summed E-state index contributed by atoms with van der Waals surface area (Å²) in [6.07, 6.45) is -6.17. The highest BCUT2D eigenvalue weighted by atomic mass is 19.4. The molecule has 0 bridgehead atoms. The number of nitrogens with zero attached hydrogens (tertiary/aromatic N) is 2. The third-order valence-corrected chi connectivity index (χ3v) is 8.91. The number of alkyl halides is 3. The van der Waals surface area contributed by atoms with Gasteiger partial charge in [-0.25, -0.2) is 0 Å². The van der Waals surface area contributed by atoms with Crippen LogP contribution >= 0.6 is 0 Å². The molecule has 2 aliphatic rings. The van der Waals surface area contributed by atoms with Crippen molar-refractivity contribution in [2.45, 2.75) is 75.7 Å². The fourth-order valence-corrected chi connectivity index (χ4v) is 6.08. The first-order chi connectivity index (χ1) is 22.4. The minimum atomic E-state index is -5.05. The van der Waals surface area contributed by atoms with Crippen LogP contribution in [0, 0.1) is 0 Å². The number of likely N-dealkylation sites (tertiary alicyclic amines) is 1. The molecule has 2 fully saturated rings. The molecule has 47 heavy (non-hydrogen) atoms. The Labute approximate surface area is 271 Å². The van der Waals surface area contributed by atoms with Crippen LogP contribution in [0.1, 0.15) is 66.9 Å². The average Bonchev–Trinajstić information content (AvgIpc) is 3.57. The Morgan fingerprint density at radius 1 is 1.00 bits per heavy atom. The summed E-state index contributed by atoms with van der Waals surface area (Å²) in [6.45, 7) is 2.25. The predicted molar refractivity (Wildman–Crippen MR) is 168 cm³/mol. The number of anilines is 1. The molecule has 2 saturated heterocycles. The molecule has 3 aromatic carbocycles. The number of nitrogens with one attached hydrogen (secondary N) is 1. The Morgan fingerprint density at radius 2 is 1.66 bits per heavy atom. The van der Waals surface area contributed by atoms with Crippen LogP contribution in [0.5, 0.6) is 0 Å². The lowest BCUT2D eigenvalue weighted by molar-refractivity contribution is -0.253. The van der Waals surface area contributed by atoms with Crippen molar-refractivity contribution in [1.82, 2.24) is 9.80 Å². The number of rotatable bonds is 10. The number of ether oxygens (including phenoxy) is 2. The second kappa shape index (κ2) is 15.0. The van der Waals surface area contributed by atoms with Crippen molar-refractivity contribution >= 4 is 17.5 Å². The van der Waals surface area contributed by atoms with Gasteiger partial charge >= 0.3 is 12.1 Å². The van der Waals surface area contributed by atoms with Crippen molar-refractivity contribution in [2.24, 2.45) is 0 Å². The second-order valence-electron chi connectivity index (χ2n) is 12.2. The summed E-state index contributed by atoms with van der Waals surface area (Å²) in [5.74, 6) is -2.69. The van der Waals surface area contributed by atoms with Crippen molar-refractivity contribution in [3.05, 3.63) is 101 Å². The molecule has 3 N–H and O–H groups in total. The number of amides is 2. The van der Waals surface area contributed by atoms with Gasteiger partial charge in [-0.05, 0) is 55.6 Å². The molecule has 2 aliphatic heterocycles. The van der Waals surface area contributed by atoms with Crippen molar-refractivity contribution in [2.75, 3.05) is 25.5 Å². The number of likely N-dealkylation sites (N-methyl/N-ethyl adjacent to an activating group) is 1. The molecule has 252 valence electrons. The Hall–Kier alpha value is -3.81. The fourth-order valence-electron chi connectivity index (χ4n) is 6.08. The van der Waals surface area contributed by atoms with Gasteiger partial charge in [-0.15, -0.1) is 0 Å². The van der Waals surface area contributed by atoms with Gasteiger partial charge in [0.25, 0.3) is 0 Å². The van der Waals surface area contributed by atoms with Crippen molar-refractivity contribution in [3.8, 4) is 0 Å². The van der Waals surface area contributed by atoms with Gasteiger partial charge < -0.3 is 29.9 Å². The molecule has 0 unspecified atom stereocenters. The summed E-state index contributed by atoms with van der Waals surface area (Å²) >= 11 is 0. The smallest absolute Gasteiger partial charge is 0.392 e. The highest BCUT2D eigenvalue weighted by Gasteiger charge is 2.47. The molecular formula is C35H40F3N3O6. The summed E-state index contributed by atoms with van der Waals surface area (Å²) in [6, 6.07) is 22.2. The topological polar surface area (TPSA) is 112 Å². The van der Waals surface area contributed by atoms with Gasteiger partial charge in [0, 0.05) is 36.8 Å². The number of benzene rings is 3. The molecule has 0 saturated carbocycles. The van der Waals surface area contributed by atoms with Crippen LogP contribution in [0.4, 0.5) is 18.9 Å². The zero-order valence-corrected chi connectivity index (χ0v) is 26.3. The Kier molecular flexibility index (Phi) is 11.0. The molecule has 9 nitrogen and oxygen atoms in total. The summed E-state index contributed by atoms with van der Waals surface area (Å²) in [5, 5.41) is 23.1. The maximum absolute atomic E-state index is 13.0. The van der Waals surface area contributed by atoms with Gasteiger partial charge in [-0.1, -0.05) is 66.7 Å². The Bertz CT molecular complexity index is 1490. The summed E-state index contributed by atoms with van der Waals surface area (Å²) in [7, 11) is 1.93. The molecule has 2 heterocycles. The van der Waals surface area contributed by atoms with E-state index in [1.807, 2.05) is 73.5 Å². The molecular weight excluding hydrogens is 615 g/mol. The van der Waals surface area contributed by atoms with E-state index in [4.69, 9.17) is 9.47 Å². The van der Waals surface area contributed by atoms with Crippen molar-refractivity contribution in [1.29, 1.82) is 0 Å². The molecule has 0 spiro atoms. The molecule has 12 heteroatoms. The number of carbonyl (C=O) groups is 2. The summed E-state index contributed by atoms with van der Waals surface area (Å²) in [5.41, 5.74) is 3.54. The lowest BCUT2D eigenvalue weighted by Gasteiger charge is -2.39. The number of aliphatic hydroxyl groups is 2. The SMILES string of the molecule is C[C@@H]([C@H](O)c1ccccc1)N(C)C[C@H]1C[C@@H](c2ccc(CO)cc2)O[C@@H](c2ccc(NC(=O)[C@@H]3CCCN3C(=O)C(F)(F)F)cc2)O1. The van der Waals surface area contributed by atoms with E-state index in [2.05, 4.69) is 5.32 Å². The maximum atomic E-state index is 13.0. The van der Waals surface area contributed by atoms with E-state index in [9.17, 15) is 33.0 Å². The molecule has 0 aromatic heterocycles. The molecule has 0 aliphatic carbocycles. The highest BCUT2D eigenvalue weighted by molar-refractivity contribution is 5.98. The minimum absolute atomic E-state index is 0.0765. The minimum Gasteiger partial charge on any atom is -0.392 e. The number of hydrogen-bond donors (Lipinski definition) is 3. The highest BCUT2D eigenvalue weighted by Crippen LogP contribution is 2.39. The van der Waals surface area contributed by atoms with Gasteiger partial charge in [0.15, 0.2) is 6.29 Å². The first kappa shape index (κ1) is 34.5. The van der Waals surface area contributed by atoms with E-state index in [0.717, 1.165) is 16.7 Å². The van der Waals surface area contributed by atoms with Gasteiger partial charge in [0.05, 0.1) is 24.9 Å². The monoisotopic (exact) mass is 655 g/mol. The molecule has 0 radical (unpaired) electrons. The largest absolute Gasteiger partial charge is 0.471 e. The number of carbonyl (C=O) groups excluding carboxylic acids is 2. The molecule has 6 atom stereocenters. The van der Waals surface area contributed by atoms with Crippen LogP contribution in [-0.4, -0.2) is 76.3 Å². The van der Waals surface area contributed by atoms with Crippen LogP contribution in [0.25, 0.3) is 0 Å².